The van der Waals surface area contributed by atoms with Gasteiger partial charge in [-0.3, -0.25) is 9.59 Å². The molecule has 1 N–H and O–H groups in total. The highest BCUT2D eigenvalue weighted by molar-refractivity contribution is 6.46. The molecule has 40 heavy (non-hydrogen) atoms. The molecule has 5 rings (SSSR count). The largest absolute Gasteiger partial charge is 0.507 e. The fourth-order valence-electron chi connectivity index (χ4n) is 4.75. The fourth-order valence-corrected chi connectivity index (χ4v) is 4.75. The first-order chi connectivity index (χ1) is 19.5. The van der Waals surface area contributed by atoms with E-state index in [1.165, 1.54) is 29.2 Å². The van der Waals surface area contributed by atoms with Crippen molar-refractivity contribution < 1.29 is 28.6 Å². The van der Waals surface area contributed by atoms with Crippen LogP contribution in [0.1, 0.15) is 35.2 Å². The lowest BCUT2D eigenvalue weighted by Gasteiger charge is -2.26. The predicted octanol–water partition coefficient (Wildman–Crippen LogP) is 6.43. The number of amides is 1. The number of carbonyl (C=O) groups excluding carboxylic acids is 2. The van der Waals surface area contributed by atoms with Gasteiger partial charge in [-0.05, 0) is 60.0 Å². The maximum absolute atomic E-state index is 13.6. The number of hydrogen-bond acceptors (Lipinski definition) is 5. The molecule has 0 saturated carbocycles. The Labute approximate surface area is 231 Å². The summed E-state index contributed by atoms with van der Waals surface area (Å²) in [6, 6.07) is 28.5. The number of nitrogens with zero attached hydrogens (tertiary/aromatic N) is 1. The van der Waals surface area contributed by atoms with Gasteiger partial charge in [0, 0.05) is 12.1 Å². The second kappa shape index (κ2) is 11.9. The number of likely N-dealkylation sites (tertiary alicyclic amines) is 1. The second-order valence-electron chi connectivity index (χ2n) is 9.33. The van der Waals surface area contributed by atoms with Crippen molar-refractivity contribution in [3.05, 3.63) is 137 Å². The van der Waals surface area contributed by atoms with Gasteiger partial charge in [-0.15, -0.1) is 0 Å². The van der Waals surface area contributed by atoms with Crippen LogP contribution in [0.25, 0.3) is 5.76 Å². The van der Waals surface area contributed by atoms with Gasteiger partial charge in [-0.2, -0.15) is 0 Å². The third-order valence-corrected chi connectivity index (χ3v) is 6.67. The summed E-state index contributed by atoms with van der Waals surface area (Å²) in [6.45, 7) is 2.69. The van der Waals surface area contributed by atoms with Crippen LogP contribution in [0.2, 0.25) is 0 Å². The first-order valence-electron chi connectivity index (χ1n) is 13.0. The van der Waals surface area contributed by atoms with E-state index in [4.69, 9.17) is 9.47 Å². The number of hydrogen-bond donors (Lipinski definition) is 1. The van der Waals surface area contributed by atoms with Crippen LogP contribution in [0.4, 0.5) is 4.39 Å². The third kappa shape index (κ3) is 5.59. The van der Waals surface area contributed by atoms with Gasteiger partial charge in [0.15, 0.2) is 11.5 Å². The standard InChI is InChI=1S/C33H28FNO5/c1-2-39-28-19-25(15-18-27(28)40-21-23-11-7-4-8-12-23)30-29(31(36)24-13-16-26(34)17-14-24)32(37)33(38)35(30)20-22-9-5-3-6-10-22/h3-19,30,36H,2,20-21H2,1H3/b31-29+. The number of rotatable bonds is 9. The molecule has 1 aliphatic rings. The van der Waals surface area contributed by atoms with E-state index >= 15 is 0 Å². The van der Waals surface area contributed by atoms with Gasteiger partial charge < -0.3 is 19.5 Å². The van der Waals surface area contributed by atoms with Crippen molar-refractivity contribution in [1.29, 1.82) is 0 Å². The molecule has 0 bridgehead atoms. The molecule has 6 nitrogen and oxygen atoms in total. The Balaban J connectivity index is 1.58. The van der Waals surface area contributed by atoms with Crippen molar-refractivity contribution in [2.75, 3.05) is 6.61 Å². The summed E-state index contributed by atoms with van der Waals surface area (Å²) in [5.41, 5.74) is 2.53. The normalized spacial score (nSPS) is 16.2. The van der Waals surface area contributed by atoms with E-state index < -0.39 is 23.5 Å². The minimum Gasteiger partial charge on any atom is -0.507 e. The van der Waals surface area contributed by atoms with Crippen molar-refractivity contribution in [3.63, 3.8) is 0 Å². The number of benzene rings is 4. The van der Waals surface area contributed by atoms with Crippen molar-refractivity contribution >= 4 is 17.4 Å². The zero-order chi connectivity index (χ0) is 28.1. The highest BCUT2D eigenvalue weighted by Crippen LogP contribution is 2.43. The lowest BCUT2D eigenvalue weighted by Crippen LogP contribution is -2.29. The molecule has 0 aromatic heterocycles. The molecule has 202 valence electrons. The summed E-state index contributed by atoms with van der Waals surface area (Å²) in [5.74, 6) is -1.45. The number of aliphatic hydroxyl groups is 1. The monoisotopic (exact) mass is 537 g/mol. The molecule has 1 amide bonds. The summed E-state index contributed by atoms with van der Waals surface area (Å²) in [5, 5.41) is 11.3. The Kier molecular flexibility index (Phi) is 7.92. The molecule has 1 unspecified atom stereocenters. The van der Waals surface area contributed by atoms with Crippen LogP contribution in [0.3, 0.4) is 0 Å². The van der Waals surface area contributed by atoms with E-state index in [2.05, 4.69) is 0 Å². The molecule has 1 heterocycles. The van der Waals surface area contributed by atoms with Crippen LogP contribution in [0.15, 0.2) is 109 Å². The molecule has 1 aliphatic heterocycles. The van der Waals surface area contributed by atoms with Crippen LogP contribution in [-0.2, 0) is 22.7 Å². The summed E-state index contributed by atoms with van der Waals surface area (Å²) in [6.07, 6.45) is 0. The molecular formula is C33H28FNO5. The van der Waals surface area contributed by atoms with E-state index in [1.54, 1.807) is 18.2 Å². The fraction of sp³-hybridized carbons (Fsp3) is 0.152. The number of ether oxygens (including phenoxy) is 2. The minimum atomic E-state index is -0.910. The molecule has 0 spiro atoms. The lowest BCUT2D eigenvalue weighted by atomic mass is 9.94. The number of Topliss-reactive ketones (excluding diaryl/α,β-unsaturated/α-hetero) is 1. The van der Waals surface area contributed by atoms with Crippen LogP contribution in [0.5, 0.6) is 11.5 Å². The summed E-state index contributed by atoms with van der Waals surface area (Å²) >= 11 is 0. The van der Waals surface area contributed by atoms with Gasteiger partial charge in [0.05, 0.1) is 18.2 Å². The third-order valence-electron chi connectivity index (χ3n) is 6.67. The van der Waals surface area contributed by atoms with Crippen LogP contribution in [-0.4, -0.2) is 28.3 Å². The highest BCUT2D eigenvalue weighted by atomic mass is 19.1. The molecule has 4 aromatic rings. The summed E-state index contributed by atoms with van der Waals surface area (Å²) < 4.78 is 25.5. The Hall–Kier alpha value is -4.91. The van der Waals surface area contributed by atoms with Crippen LogP contribution in [0, 0.1) is 5.82 Å². The van der Waals surface area contributed by atoms with E-state index in [0.29, 0.717) is 30.3 Å². The Bertz CT molecular complexity index is 1530. The molecular weight excluding hydrogens is 509 g/mol. The van der Waals surface area contributed by atoms with Crippen LogP contribution < -0.4 is 9.47 Å². The Morgan fingerprint density at radius 2 is 1.48 bits per heavy atom. The topological polar surface area (TPSA) is 76.1 Å². The molecule has 1 atom stereocenters. The smallest absolute Gasteiger partial charge is 0.295 e. The molecule has 7 heteroatoms. The van der Waals surface area contributed by atoms with E-state index in [-0.39, 0.29) is 23.4 Å². The SMILES string of the molecule is CCOc1cc(C2/C(=C(\O)c3ccc(F)cc3)C(=O)C(=O)N2Cc2ccccc2)ccc1OCc1ccccc1. The van der Waals surface area contributed by atoms with Crippen molar-refractivity contribution in [3.8, 4) is 11.5 Å². The van der Waals surface area contributed by atoms with Gasteiger partial charge >= 0.3 is 0 Å². The quantitative estimate of drug-likeness (QED) is 0.151. The minimum absolute atomic E-state index is 0.0760. The molecule has 4 aromatic carbocycles. The predicted molar refractivity (Wildman–Crippen MR) is 149 cm³/mol. The Morgan fingerprint density at radius 3 is 2.12 bits per heavy atom. The number of halogens is 1. The van der Waals surface area contributed by atoms with Gasteiger partial charge in [-0.25, -0.2) is 4.39 Å². The Morgan fingerprint density at radius 1 is 0.825 bits per heavy atom. The average Bonchev–Trinajstić information content (AvgIpc) is 3.22. The van der Waals surface area contributed by atoms with E-state index in [1.807, 2.05) is 67.6 Å². The van der Waals surface area contributed by atoms with E-state index in [0.717, 1.165) is 11.1 Å². The van der Waals surface area contributed by atoms with Gasteiger partial charge in [0.25, 0.3) is 11.7 Å². The number of carbonyl (C=O) groups is 2. The van der Waals surface area contributed by atoms with Crippen molar-refractivity contribution in [1.82, 2.24) is 4.90 Å². The maximum atomic E-state index is 13.6. The van der Waals surface area contributed by atoms with Gasteiger partial charge in [0.2, 0.25) is 0 Å². The maximum Gasteiger partial charge on any atom is 0.295 e. The molecule has 0 radical (unpaired) electrons. The second-order valence-corrected chi connectivity index (χ2v) is 9.33. The molecule has 1 fully saturated rings. The van der Waals surface area contributed by atoms with E-state index in [9.17, 15) is 19.1 Å². The first-order valence-corrected chi connectivity index (χ1v) is 13.0. The number of aliphatic hydroxyl groups excluding tert-OH is 1. The van der Waals surface area contributed by atoms with Gasteiger partial charge in [0.1, 0.15) is 18.2 Å². The first kappa shape index (κ1) is 26.7. The summed E-state index contributed by atoms with van der Waals surface area (Å²) in [7, 11) is 0. The zero-order valence-corrected chi connectivity index (χ0v) is 21.9. The molecule has 1 saturated heterocycles. The lowest BCUT2D eigenvalue weighted by molar-refractivity contribution is -0.140. The summed E-state index contributed by atoms with van der Waals surface area (Å²) in [4.78, 5) is 28.1. The van der Waals surface area contributed by atoms with Crippen molar-refractivity contribution in [2.24, 2.45) is 0 Å². The molecule has 0 aliphatic carbocycles. The van der Waals surface area contributed by atoms with Gasteiger partial charge in [-0.1, -0.05) is 66.7 Å². The van der Waals surface area contributed by atoms with Crippen LogP contribution >= 0.6 is 0 Å². The number of ketones is 1. The zero-order valence-electron chi connectivity index (χ0n) is 21.9. The van der Waals surface area contributed by atoms with Crippen molar-refractivity contribution in [2.45, 2.75) is 26.1 Å². The highest BCUT2D eigenvalue weighted by Gasteiger charge is 2.46. The average molecular weight is 538 g/mol.